The molecule has 0 saturated heterocycles. The van der Waals surface area contributed by atoms with Crippen LogP contribution in [0, 0.1) is 0 Å². The van der Waals surface area contributed by atoms with Crippen LogP contribution in [0.1, 0.15) is 31.4 Å². The van der Waals surface area contributed by atoms with Gasteiger partial charge >= 0.3 is 0 Å². The Morgan fingerprint density at radius 1 is 1.14 bits per heavy atom. The van der Waals surface area contributed by atoms with Crippen LogP contribution in [-0.4, -0.2) is 27.0 Å². The molecule has 28 heavy (non-hydrogen) atoms. The number of benzene rings is 2. The summed E-state index contributed by atoms with van der Waals surface area (Å²) in [4.78, 5) is 17.7. The van der Waals surface area contributed by atoms with E-state index in [0.717, 1.165) is 12.0 Å². The SMILES string of the molecule is CCC(C)Sc1nc(O)c(Cc2ccccc2)c(=O)n1-c1ccc(OC)cc1. The molecule has 0 bridgehead atoms. The second kappa shape index (κ2) is 8.97. The molecule has 0 amide bonds. The van der Waals surface area contributed by atoms with Gasteiger partial charge in [-0.05, 0) is 36.2 Å². The Morgan fingerprint density at radius 3 is 2.43 bits per heavy atom. The quantitative estimate of drug-likeness (QED) is 0.473. The van der Waals surface area contributed by atoms with Crippen molar-refractivity contribution < 1.29 is 9.84 Å². The molecule has 1 N–H and O–H groups in total. The highest BCUT2D eigenvalue weighted by atomic mass is 32.2. The van der Waals surface area contributed by atoms with Gasteiger partial charge in [0.1, 0.15) is 5.75 Å². The van der Waals surface area contributed by atoms with E-state index < -0.39 is 0 Å². The number of methoxy groups -OCH3 is 1. The molecule has 1 aromatic heterocycles. The molecule has 0 saturated carbocycles. The Morgan fingerprint density at radius 2 is 1.82 bits per heavy atom. The zero-order chi connectivity index (χ0) is 20.1. The van der Waals surface area contributed by atoms with Gasteiger partial charge in [-0.3, -0.25) is 9.36 Å². The predicted molar refractivity (Wildman–Crippen MR) is 113 cm³/mol. The minimum atomic E-state index is -0.257. The van der Waals surface area contributed by atoms with E-state index in [0.29, 0.717) is 23.0 Å². The van der Waals surface area contributed by atoms with Crippen LogP contribution in [0.25, 0.3) is 5.69 Å². The highest BCUT2D eigenvalue weighted by Crippen LogP contribution is 2.28. The van der Waals surface area contributed by atoms with E-state index in [2.05, 4.69) is 18.8 Å². The molecule has 146 valence electrons. The lowest BCUT2D eigenvalue weighted by atomic mass is 10.1. The molecule has 0 aliphatic rings. The van der Waals surface area contributed by atoms with Gasteiger partial charge in [-0.15, -0.1) is 0 Å². The van der Waals surface area contributed by atoms with E-state index in [1.807, 2.05) is 54.6 Å². The van der Waals surface area contributed by atoms with Crippen molar-refractivity contribution >= 4 is 11.8 Å². The summed E-state index contributed by atoms with van der Waals surface area (Å²) < 4.78 is 6.80. The van der Waals surface area contributed by atoms with E-state index in [4.69, 9.17) is 4.74 Å². The summed E-state index contributed by atoms with van der Waals surface area (Å²) in [6, 6.07) is 16.9. The normalized spacial score (nSPS) is 12.0. The fourth-order valence-corrected chi connectivity index (χ4v) is 3.74. The summed E-state index contributed by atoms with van der Waals surface area (Å²) in [5.74, 6) is 0.508. The Hall–Kier alpha value is -2.73. The van der Waals surface area contributed by atoms with Crippen LogP contribution in [0.4, 0.5) is 0 Å². The van der Waals surface area contributed by atoms with Crippen LogP contribution in [0.3, 0.4) is 0 Å². The lowest BCUT2D eigenvalue weighted by molar-refractivity contribution is 0.414. The molecule has 0 fully saturated rings. The molecule has 0 aliphatic heterocycles. The van der Waals surface area contributed by atoms with Gasteiger partial charge in [-0.1, -0.05) is 55.9 Å². The number of rotatable bonds is 7. The largest absolute Gasteiger partial charge is 0.497 e. The van der Waals surface area contributed by atoms with Crippen molar-refractivity contribution in [3.8, 4) is 17.3 Å². The van der Waals surface area contributed by atoms with Crippen molar-refractivity contribution in [2.45, 2.75) is 37.1 Å². The molecule has 0 radical (unpaired) electrons. The zero-order valence-corrected chi connectivity index (χ0v) is 17.1. The molecule has 3 aromatic rings. The van der Waals surface area contributed by atoms with Crippen molar-refractivity contribution in [3.05, 3.63) is 76.1 Å². The molecule has 1 heterocycles. The molecule has 5 nitrogen and oxygen atoms in total. The lowest BCUT2D eigenvalue weighted by Gasteiger charge is -2.17. The van der Waals surface area contributed by atoms with Gasteiger partial charge in [-0.2, -0.15) is 4.98 Å². The second-order valence-electron chi connectivity index (χ2n) is 6.53. The van der Waals surface area contributed by atoms with Crippen molar-refractivity contribution in [1.29, 1.82) is 0 Å². The highest BCUT2D eigenvalue weighted by Gasteiger charge is 2.19. The second-order valence-corrected chi connectivity index (χ2v) is 7.94. The minimum absolute atomic E-state index is 0.204. The Kier molecular flexibility index (Phi) is 6.41. The highest BCUT2D eigenvalue weighted by molar-refractivity contribution is 7.99. The Balaban J connectivity index is 2.14. The molecular formula is C22H24N2O3S. The maximum absolute atomic E-state index is 13.4. The summed E-state index contributed by atoms with van der Waals surface area (Å²) in [7, 11) is 1.60. The van der Waals surface area contributed by atoms with Crippen LogP contribution in [-0.2, 0) is 6.42 Å². The topological polar surface area (TPSA) is 64.4 Å². The number of thioether (sulfide) groups is 1. The van der Waals surface area contributed by atoms with Gasteiger partial charge in [0.2, 0.25) is 5.88 Å². The summed E-state index contributed by atoms with van der Waals surface area (Å²) >= 11 is 1.48. The fourth-order valence-electron chi connectivity index (χ4n) is 2.78. The van der Waals surface area contributed by atoms with Crippen LogP contribution in [0.15, 0.2) is 64.5 Å². The maximum atomic E-state index is 13.4. The number of nitrogens with zero attached hydrogens (tertiary/aromatic N) is 2. The van der Waals surface area contributed by atoms with E-state index in [1.165, 1.54) is 11.8 Å². The standard InChI is InChI=1S/C22H24N2O3S/c1-4-15(2)28-22-23-20(25)19(14-16-8-6-5-7-9-16)21(26)24(22)17-10-12-18(27-3)13-11-17/h5-13,15,25H,4,14H2,1-3H3. The van der Waals surface area contributed by atoms with Crippen molar-refractivity contribution in [3.63, 3.8) is 0 Å². The van der Waals surface area contributed by atoms with E-state index >= 15 is 0 Å². The average molecular weight is 397 g/mol. The first-order valence-electron chi connectivity index (χ1n) is 9.23. The first-order valence-corrected chi connectivity index (χ1v) is 10.1. The van der Waals surface area contributed by atoms with Crippen molar-refractivity contribution in [2.24, 2.45) is 0 Å². The summed E-state index contributed by atoms with van der Waals surface area (Å²) in [6.07, 6.45) is 1.25. The number of aromatic hydroxyl groups is 1. The van der Waals surface area contributed by atoms with Gasteiger partial charge in [0.05, 0.1) is 18.4 Å². The van der Waals surface area contributed by atoms with Gasteiger partial charge in [0.25, 0.3) is 5.56 Å². The molecular weight excluding hydrogens is 372 g/mol. The number of hydrogen-bond donors (Lipinski definition) is 1. The minimum Gasteiger partial charge on any atom is -0.497 e. The predicted octanol–water partition coefficient (Wildman–Crippen LogP) is 4.43. The monoisotopic (exact) mass is 396 g/mol. The van der Waals surface area contributed by atoms with Crippen LogP contribution in [0.5, 0.6) is 11.6 Å². The molecule has 1 atom stereocenters. The Bertz CT molecular complexity index is 985. The molecule has 0 aliphatic carbocycles. The molecule has 1 unspecified atom stereocenters. The maximum Gasteiger partial charge on any atom is 0.266 e. The molecule has 3 rings (SSSR count). The fraction of sp³-hybridized carbons (Fsp3) is 0.273. The molecule has 6 heteroatoms. The van der Waals surface area contributed by atoms with Crippen LogP contribution in [0.2, 0.25) is 0 Å². The summed E-state index contributed by atoms with van der Waals surface area (Å²) in [5.41, 5.74) is 1.67. The molecule has 0 spiro atoms. The van der Waals surface area contributed by atoms with Gasteiger partial charge in [0.15, 0.2) is 5.16 Å². The third kappa shape index (κ3) is 4.39. The van der Waals surface area contributed by atoms with E-state index in [9.17, 15) is 9.90 Å². The van der Waals surface area contributed by atoms with Gasteiger partial charge in [0, 0.05) is 11.7 Å². The van der Waals surface area contributed by atoms with Crippen molar-refractivity contribution in [1.82, 2.24) is 9.55 Å². The van der Waals surface area contributed by atoms with Crippen molar-refractivity contribution in [2.75, 3.05) is 7.11 Å². The van der Waals surface area contributed by atoms with E-state index in [-0.39, 0.29) is 22.3 Å². The third-order valence-corrected chi connectivity index (χ3v) is 5.78. The van der Waals surface area contributed by atoms with Crippen LogP contribution >= 0.6 is 11.8 Å². The Labute approximate surface area is 169 Å². The number of hydrogen-bond acceptors (Lipinski definition) is 5. The van der Waals surface area contributed by atoms with Crippen LogP contribution < -0.4 is 10.3 Å². The third-order valence-electron chi connectivity index (χ3n) is 4.56. The number of aromatic nitrogens is 2. The summed E-state index contributed by atoms with van der Waals surface area (Å²) in [5, 5.41) is 11.3. The molecule has 2 aromatic carbocycles. The van der Waals surface area contributed by atoms with E-state index in [1.54, 1.807) is 11.7 Å². The van der Waals surface area contributed by atoms with Gasteiger partial charge in [-0.25, -0.2) is 0 Å². The lowest BCUT2D eigenvalue weighted by Crippen LogP contribution is -2.26. The zero-order valence-electron chi connectivity index (χ0n) is 16.3. The smallest absolute Gasteiger partial charge is 0.266 e. The van der Waals surface area contributed by atoms with Gasteiger partial charge < -0.3 is 9.84 Å². The number of ether oxygens (including phenoxy) is 1. The first kappa shape index (κ1) is 20.0. The summed E-state index contributed by atoms with van der Waals surface area (Å²) in [6.45, 7) is 4.15. The average Bonchev–Trinajstić information content (AvgIpc) is 2.72. The first-order chi connectivity index (χ1) is 13.5.